The lowest BCUT2D eigenvalue weighted by atomic mass is 10.0. The van der Waals surface area contributed by atoms with Gasteiger partial charge in [0.2, 0.25) is 0 Å². The van der Waals surface area contributed by atoms with Gasteiger partial charge in [0, 0.05) is 11.6 Å². The minimum atomic E-state index is -0.300. The van der Waals surface area contributed by atoms with Crippen LogP contribution >= 0.6 is 15.9 Å². The molecule has 0 heterocycles. The molecule has 0 fully saturated rings. The monoisotopic (exact) mass is 352 g/mol. The first-order valence-corrected chi connectivity index (χ1v) is 7.67. The molecule has 0 radical (unpaired) electrons. The summed E-state index contributed by atoms with van der Waals surface area (Å²) in [6.45, 7) is 3.95. The van der Waals surface area contributed by atoms with Gasteiger partial charge >= 0.3 is 0 Å². The van der Waals surface area contributed by atoms with Crippen molar-refractivity contribution in [3.05, 3.63) is 59.4 Å². The molecule has 0 N–H and O–H groups in total. The maximum Gasteiger partial charge on any atom is 0.131 e. The lowest BCUT2D eigenvalue weighted by Gasteiger charge is -2.15. The minimum Gasteiger partial charge on any atom is -0.497 e. The highest BCUT2D eigenvalue weighted by Crippen LogP contribution is 2.35. The molecule has 0 saturated heterocycles. The van der Waals surface area contributed by atoms with Gasteiger partial charge in [0.25, 0.3) is 0 Å². The standard InChI is InChI=1S/C17H18BrFO2/c1-11(2)21-14-6-4-5-12(9-14)17(18)15-8-7-13(20-3)10-16(15)19/h4-11,17H,1-3H3. The molecule has 0 aliphatic rings. The van der Waals surface area contributed by atoms with Crippen LogP contribution in [0.5, 0.6) is 11.5 Å². The number of alkyl halides is 1. The third-order valence-electron chi connectivity index (χ3n) is 3.00. The third-order valence-corrected chi connectivity index (χ3v) is 4.03. The Balaban J connectivity index is 2.29. The van der Waals surface area contributed by atoms with Crippen LogP contribution in [0.4, 0.5) is 4.39 Å². The smallest absolute Gasteiger partial charge is 0.131 e. The Morgan fingerprint density at radius 1 is 1.05 bits per heavy atom. The molecule has 2 nitrogen and oxygen atoms in total. The summed E-state index contributed by atoms with van der Waals surface area (Å²) in [7, 11) is 1.52. The summed E-state index contributed by atoms with van der Waals surface area (Å²) in [6, 6.07) is 12.5. The van der Waals surface area contributed by atoms with Gasteiger partial charge in [-0.2, -0.15) is 0 Å². The second-order valence-electron chi connectivity index (χ2n) is 4.99. The molecule has 2 rings (SSSR count). The Kier molecular flexibility index (Phi) is 5.23. The van der Waals surface area contributed by atoms with Crippen LogP contribution in [0.15, 0.2) is 42.5 Å². The molecule has 4 heteroatoms. The van der Waals surface area contributed by atoms with E-state index in [0.29, 0.717) is 11.3 Å². The number of methoxy groups -OCH3 is 1. The van der Waals surface area contributed by atoms with Crippen LogP contribution in [-0.2, 0) is 0 Å². The van der Waals surface area contributed by atoms with Gasteiger partial charge < -0.3 is 9.47 Å². The summed E-state index contributed by atoms with van der Waals surface area (Å²) < 4.78 is 24.8. The zero-order valence-electron chi connectivity index (χ0n) is 12.3. The van der Waals surface area contributed by atoms with Gasteiger partial charge in [0.15, 0.2) is 0 Å². The van der Waals surface area contributed by atoms with E-state index in [4.69, 9.17) is 9.47 Å². The predicted octanol–water partition coefficient (Wildman–Crippen LogP) is 5.11. The second-order valence-corrected chi connectivity index (χ2v) is 5.90. The maximum atomic E-state index is 14.1. The topological polar surface area (TPSA) is 18.5 Å². The summed E-state index contributed by atoms with van der Waals surface area (Å²) in [4.78, 5) is -0.237. The van der Waals surface area contributed by atoms with Crippen molar-refractivity contribution in [2.75, 3.05) is 7.11 Å². The Labute approximate surface area is 133 Å². The highest BCUT2D eigenvalue weighted by molar-refractivity contribution is 9.09. The van der Waals surface area contributed by atoms with E-state index < -0.39 is 0 Å². The number of rotatable bonds is 5. The Morgan fingerprint density at radius 3 is 2.43 bits per heavy atom. The molecule has 21 heavy (non-hydrogen) atoms. The number of ether oxygens (including phenoxy) is 2. The molecule has 0 bridgehead atoms. The normalized spacial score (nSPS) is 12.3. The molecule has 2 aromatic carbocycles. The molecule has 2 aromatic rings. The van der Waals surface area contributed by atoms with E-state index in [2.05, 4.69) is 15.9 Å². The minimum absolute atomic E-state index is 0.103. The van der Waals surface area contributed by atoms with E-state index in [1.807, 2.05) is 38.1 Å². The van der Waals surface area contributed by atoms with Crippen molar-refractivity contribution in [2.24, 2.45) is 0 Å². The number of hydrogen-bond donors (Lipinski definition) is 0. The van der Waals surface area contributed by atoms with Crippen LogP contribution in [0.3, 0.4) is 0 Å². The van der Waals surface area contributed by atoms with Crippen LogP contribution in [0.25, 0.3) is 0 Å². The van der Waals surface area contributed by atoms with Gasteiger partial charge in [0.1, 0.15) is 17.3 Å². The summed E-state index contributed by atoms with van der Waals surface area (Å²) in [6.07, 6.45) is 0.103. The number of halogens is 2. The molecule has 0 saturated carbocycles. The lowest BCUT2D eigenvalue weighted by molar-refractivity contribution is 0.242. The summed E-state index contributed by atoms with van der Waals surface area (Å²) in [5.74, 6) is 0.986. The summed E-state index contributed by atoms with van der Waals surface area (Å²) >= 11 is 3.56. The van der Waals surface area contributed by atoms with Crippen LogP contribution in [-0.4, -0.2) is 13.2 Å². The van der Waals surface area contributed by atoms with Gasteiger partial charge in [0.05, 0.1) is 18.0 Å². The van der Waals surface area contributed by atoms with Crippen molar-refractivity contribution >= 4 is 15.9 Å². The molecular weight excluding hydrogens is 335 g/mol. The lowest BCUT2D eigenvalue weighted by Crippen LogP contribution is -2.06. The number of hydrogen-bond acceptors (Lipinski definition) is 2. The van der Waals surface area contributed by atoms with Crippen molar-refractivity contribution in [1.82, 2.24) is 0 Å². The molecule has 0 aromatic heterocycles. The van der Waals surface area contributed by atoms with Crippen LogP contribution in [0.1, 0.15) is 29.8 Å². The molecule has 0 spiro atoms. The van der Waals surface area contributed by atoms with Crippen molar-refractivity contribution in [2.45, 2.75) is 24.8 Å². The Hall–Kier alpha value is -1.55. The molecular formula is C17H18BrFO2. The first kappa shape index (κ1) is 15.8. The van der Waals surface area contributed by atoms with Crippen molar-refractivity contribution < 1.29 is 13.9 Å². The first-order valence-electron chi connectivity index (χ1n) is 6.75. The van der Waals surface area contributed by atoms with Crippen LogP contribution in [0.2, 0.25) is 0 Å². The molecule has 0 amide bonds. The Bertz CT molecular complexity index is 613. The van der Waals surface area contributed by atoms with Gasteiger partial charge in [-0.3, -0.25) is 0 Å². The maximum absolute atomic E-state index is 14.1. The van der Waals surface area contributed by atoms with Crippen molar-refractivity contribution in [3.8, 4) is 11.5 Å². The molecule has 0 aliphatic heterocycles. The second kappa shape index (κ2) is 6.94. The largest absolute Gasteiger partial charge is 0.497 e. The third kappa shape index (κ3) is 3.97. The zero-order valence-corrected chi connectivity index (χ0v) is 13.9. The van der Waals surface area contributed by atoms with Gasteiger partial charge in [-0.05, 0) is 37.6 Å². The van der Waals surface area contributed by atoms with E-state index in [9.17, 15) is 4.39 Å². The van der Waals surface area contributed by atoms with E-state index in [1.54, 1.807) is 12.1 Å². The van der Waals surface area contributed by atoms with Crippen molar-refractivity contribution in [1.29, 1.82) is 0 Å². The van der Waals surface area contributed by atoms with Gasteiger partial charge in [-0.25, -0.2) is 4.39 Å². The van der Waals surface area contributed by atoms with E-state index in [0.717, 1.165) is 11.3 Å². The van der Waals surface area contributed by atoms with Crippen LogP contribution in [0, 0.1) is 5.82 Å². The quantitative estimate of drug-likeness (QED) is 0.696. The highest BCUT2D eigenvalue weighted by atomic mass is 79.9. The predicted molar refractivity (Wildman–Crippen MR) is 85.9 cm³/mol. The fourth-order valence-corrected chi connectivity index (χ4v) is 2.69. The number of benzene rings is 2. The van der Waals surface area contributed by atoms with E-state index >= 15 is 0 Å². The van der Waals surface area contributed by atoms with Crippen molar-refractivity contribution in [3.63, 3.8) is 0 Å². The molecule has 1 atom stereocenters. The highest BCUT2D eigenvalue weighted by Gasteiger charge is 2.16. The molecule has 0 aliphatic carbocycles. The molecule has 1 unspecified atom stereocenters. The van der Waals surface area contributed by atoms with Gasteiger partial charge in [-0.1, -0.05) is 34.1 Å². The van der Waals surface area contributed by atoms with Crippen LogP contribution < -0.4 is 9.47 Å². The average molecular weight is 353 g/mol. The SMILES string of the molecule is COc1ccc(C(Br)c2cccc(OC(C)C)c2)c(F)c1. The zero-order chi connectivity index (χ0) is 15.4. The first-order chi connectivity index (χ1) is 10.0. The fraction of sp³-hybridized carbons (Fsp3) is 0.294. The fourth-order valence-electron chi connectivity index (χ4n) is 2.04. The van der Waals surface area contributed by atoms with Gasteiger partial charge in [-0.15, -0.1) is 0 Å². The Morgan fingerprint density at radius 2 is 1.81 bits per heavy atom. The average Bonchev–Trinajstić information content (AvgIpc) is 2.46. The summed E-state index contributed by atoms with van der Waals surface area (Å²) in [5, 5.41) is 0. The molecule has 112 valence electrons. The van der Waals surface area contributed by atoms with E-state index in [1.165, 1.54) is 13.2 Å². The summed E-state index contributed by atoms with van der Waals surface area (Å²) in [5.41, 5.74) is 1.51. The van der Waals surface area contributed by atoms with E-state index in [-0.39, 0.29) is 16.7 Å².